The number of nitrogens with zero attached hydrogens (tertiary/aromatic N) is 2. The molecule has 0 bridgehead atoms. The van der Waals surface area contributed by atoms with Gasteiger partial charge in [0.1, 0.15) is 11.9 Å². The topological polar surface area (TPSA) is 70.1 Å². The molecule has 0 aromatic carbocycles. The average Bonchev–Trinajstić information content (AvgIpc) is 3.07. The summed E-state index contributed by atoms with van der Waals surface area (Å²) in [6, 6.07) is 0.535. The average molecular weight is 356 g/mol. The van der Waals surface area contributed by atoms with Crippen molar-refractivity contribution in [2.24, 2.45) is 23.5 Å². The predicted molar refractivity (Wildman–Crippen MR) is 95.5 cm³/mol. The van der Waals surface area contributed by atoms with Crippen LogP contribution >= 0.6 is 11.9 Å². The van der Waals surface area contributed by atoms with Crippen molar-refractivity contribution in [3.05, 3.63) is 18.2 Å². The number of imidazole rings is 1. The molecule has 0 spiro atoms. The van der Waals surface area contributed by atoms with Gasteiger partial charge < -0.3 is 14.6 Å². The van der Waals surface area contributed by atoms with E-state index in [1.807, 2.05) is 6.33 Å². The zero-order chi connectivity index (χ0) is 17.5. The summed E-state index contributed by atoms with van der Waals surface area (Å²) < 4.78 is 6.68. The molecule has 0 radical (unpaired) electrons. The van der Waals surface area contributed by atoms with E-state index < -0.39 is 0 Å². The number of rotatable bonds is 8. The van der Waals surface area contributed by atoms with Crippen LogP contribution in [0.25, 0.3) is 0 Å². The number of nitrogens with two attached hydrogens (primary N) is 1. The van der Waals surface area contributed by atoms with Crippen LogP contribution in [0.2, 0.25) is 0 Å². The first-order valence-electron chi connectivity index (χ1n) is 9.12. The second kappa shape index (κ2) is 9.42. The van der Waals surface area contributed by atoms with Gasteiger partial charge in [0.25, 0.3) is 0 Å². The van der Waals surface area contributed by atoms with Gasteiger partial charge >= 0.3 is 5.97 Å². The Balaban J connectivity index is 2.00. The van der Waals surface area contributed by atoms with Crippen molar-refractivity contribution < 1.29 is 9.08 Å². The van der Waals surface area contributed by atoms with Gasteiger partial charge in [0.15, 0.2) is 0 Å². The Morgan fingerprint density at radius 2 is 2.17 bits per heavy atom. The molecule has 2 rings (SSSR count). The minimum atomic E-state index is -0.385. The molecule has 1 heterocycles. The van der Waals surface area contributed by atoms with Gasteiger partial charge in [-0.25, -0.2) is 4.98 Å². The molecule has 1 fully saturated rings. The molecule has 2 unspecified atom stereocenters. The SMILES string of the molecule is CCC(CN)CC(Cc1cn(C2CCC(C)CC2)cn1)C(=O)OCl. The Morgan fingerprint density at radius 3 is 2.75 bits per heavy atom. The fourth-order valence-corrected chi connectivity index (χ4v) is 3.76. The highest BCUT2D eigenvalue weighted by Gasteiger charge is 2.26. The summed E-state index contributed by atoms with van der Waals surface area (Å²) in [4.78, 5) is 16.5. The fourth-order valence-electron chi connectivity index (χ4n) is 3.64. The van der Waals surface area contributed by atoms with Crippen LogP contribution in [-0.4, -0.2) is 22.1 Å². The number of hydrogen-bond donors (Lipinski definition) is 1. The number of aromatic nitrogens is 2. The molecular weight excluding hydrogens is 326 g/mol. The van der Waals surface area contributed by atoms with Crippen molar-refractivity contribution in [2.45, 2.75) is 64.8 Å². The maximum atomic E-state index is 12.0. The monoisotopic (exact) mass is 355 g/mol. The van der Waals surface area contributed by atoms with Gasteiger partial charge in [-0.2, -0.15) is 0 Å². The summed E-state index contributed by atoms with van der Waals surface area (Å²) in [7, 11) is 0. The third-order valence-electron chi connectivity index (χ3n) is 5.46. The van der Waals surface area contributed by atoms with Crippen LogP contribution in [-0.2, 0) is 15.5 Å². The predicted octanol–water partition coefficient (Wildman–Crippen LogP) is 3.87. The maximum absolute atomic E-state index is 12.0. The van der Waals surface area contributed by atoms with Gasteiger partial charge in [-0.3, -0.25) is 4.79 Å². The molecule has 1 aromatic heterocycles. The largest absolute Gasteiger partial charge is 0.347 e. The number of halogens is 1. The van der Waals surface area contributed by atoms with Crippen molar-refractivity contribution in [1.29, 1.82) is 0 Å². The van der Waals surface area contributed by atoms with E-state index in [1.54, 1.807) is 0 Å². The summed E-state index contributed by atoms with van der Waals surface area (Å²) in [6.45, 7) is 4.97. The number of hydrogen-bond acceptors (Lipinski definition) is 4. The highest BCUT2D eigenvalue weighted by molar-refractivity contribution is 6.13. The third-order valence-corrected chi connectivity index (χ3v) is 5.61. The fraction of sp³-hybridized carbons (Fsp3) is 0.778. The second-order valence-electron chi connectivity index (χ2n) is 7.27. The number of carbonyl (C=O) groups is 1. The minimum absolute atomic E-state index is 0.286. The molecule has 2 atom stereocenters. The van der Waals surface area contributed by atoms with Gasteiger partial charge in [-0.15, -0.1) is 0 Å². The summed E-state index contributed by atoms with van der Waals surface area (Å²) in [5.74, 6) is 0.456. The van der Waals surface area contributed by atoms with E-state index in [1.165, 1.54) is 25.7 Å². The van der Waals surface area contributed by atoms with Crippen molar-refractivity contribution in [2.75, 3.05) is 6.54 Å². The summed E-state index contributed by atoms with van der Waals surface area (Å²) in [5.41, 5.74) is 6.70. The normalized spacial score (nSPS) is 23.7. The van der Waals surface area contributed by atoms with Gasteiger partial charge in [0.05, 0.1) is 17.9 Å². The van der Waals surface area contributed by atoms with E-state index >= 15 is 0 Å². The van der Waals surface area contributed by atoms with Gasteiger partial charge in [0.2, 0.25) is 0 Å². The van der Waals surface area contributed by atoms with Crippen molar-refractivity contribution in [1.82, 2.24) is 9.55 Å². The molecule has 2 N–H and O–H groups in total. The van der Waals surface area contributed by atoms with Gasteiger partial charge in [0, 0.05) is 18.7 Å². The molecule has 1 aliphatic carbocycles. The zero-order valence-corrected chi connectivity index (χ0v) is 15.5. The first-order valence-corrected chi connectivity index (χ1v) is 9.43. The maximum Gasteiger partial charge on any atom is 0.328 e. The second-order valence-corrected chi connectivity index (χ2v) is 7.42. The molecule has 24 heavy (non-hydrogen) atoms. The lowest BCUT2D eigenvalue weighted by Gasteiger charge is -2.27. The molecule has 5 nitrogen and oxygen atoms in total. The van der Waals surface area contributed by atoms with Gasteiger partial charge in [-0.05, 0) is 50.5 Å². The molecule has 1 aromatic rings. The quantitative estimate of drug-likeness (QED) is 0.768. The molecule has 6 heteroatoms. The molecule has 136 valence electrons. The van der Waals surface area contributed by atoms with E-state index in [2.05, 4.69) is 33.9 Å². The lowest BCUT2D eigenvalue weighted by molar-refractivity contribution is -0.139. The molecule has 1 saturated carbocycles. The third kappa shape index (κ3) is 5.21. The Bertz CT molecular complexity index is 508. The summed E-state index contributed by atoms with van der Waals surface area (Å²) in [5, 5.41) is 0. The van der Waals surface area contributed by atoms with Crippen molar-refractivity contribution in [3.63, 3.8) is 0 Å². The molecule has 0 saturated heterocycles. The standard InChI is InChI=1S/C18H30ClN3O2/c1-3-14(10-20)8-15(18(23)24-19)9-16-11-22(12-21-16)17-6-4-13(2)5-7-17/h11-15,17H,3-10,20H2,1-2H3. The van der Waals surface area contributed by atoms with E-state index in [4.69, 9.17) is 17.6 Å². The minimum Gasteiger partial charge on any atom is -0.347 e. The lowest BCUT2D eigenvalue weighted by atomic mass is 9.87. The Labute approximate surface area is 150 Å². The smallest absolute Gasteiger partial charge is 0.328 e. The first-order chi connectivity index (χ1) is 11.6. The van der Waals surface area contributed by atoms with E-state index in [0.29, 0.717) is 31.3 Å². The highest BCUT2D eigenvalue weighted by atomic mass is 35.5. The van der Waals surface area contributed by atoms with Crippen LogP contribution in [0, 0.1) is 17.8 Å². The van der Waals surface area contributed by atoms with Crippen LogP contribution in [0.1, 0.15) is 64.1 Å². The molecule has 1 aliphatic rings. The van der Waals surface area contributed by atoms with Crippen molar-refractivity contribution in [3.8, 4) is 0 Å². The highest BCUT2D eigenvalue weighted by Crippen LogP contribution is 2.32. The molecular formula is C18H30ClN3O2. The van der Waals surface area contributed by atoms with Gasteiger partial charge in [-0.1, -0.05) is 20.3 Å². The molecule has 0 amide bonds. The van der Waals surface area contributed by atoms with Crippen LogP contribution < -0.4 is 5.73 Å². The Hall–Kier alpha value is -1.07. The van der Waals surface area contributed by atoms with E-state index in [9.17, 15) is 4.79 Å². The lowest BCUT2D eigenvalue weighted by Crippen LogP contribution is -2.24. The summed E-state index contributed by atoms with van der Waals surface area (Å²) in [6.07, 6.45) is 11.1. The van der Waals surface area contributed by atoms with E-state index in [-0.39, 0.29) is 11.9 Å². The van der Waals surface area contributed by atoms with Crippen molar-refractivity contribution >= 4 is 17.8 Å². The summed E-state index contributed by atoms with van der Waals surface area (Å²) >= 11 is 5.32. The Morgan fingerprint density at radius 1 is 1.46 bits per heavy atom. The number of carbonyl (C=O) groups excluding carboxylic acids is 1. The zero-order valence-electron chi connectivity index (χ0n) is 14.8. The van der Waals surface area contributed by atoms with Crippen LogP contribution in [0.3, 0.4) is 0 Å². The first kappa shape index (κ1) is 19.3. The molecule has 0 aliphatic heterocycles. The van der Waals surface area contributed by atoms with Crippen LogP contribution in [0.5, 0.6) is 0 Å². The Kier molecular flexibility index (Phi) is 7.56. The van der Waals surface area contributed by atoms with E-state index in [0.717, 1.165) is 18.0 Å². The van der Waals surface area contributed by atoms with Crippen LogP contribution in [0.15, 0.2) is 12.5 Å². The van der Waals surface area contributed by atoms with Crippen LogP contribution in [0.4, 0.5) is 0 Å².